The number of piperidine rings is 1. The standard InChI is InChI=1S/C14H18N2O5S/c15-22(18,19)11-2-1-5-16(9-11)14(17)10-3-4-12-13(8-10)21-7-6-20-12/h3-4,8,11H,1-2,5-7,9H2,(H2,15,18,19). The predicted molar refractivity (Wildman–Crippen MR) is 79.5 cm³/mol. The first kappa shape index (κ1) is 15.1. The largest absolute Gasteiger partial charge is 0.486 e. The number of amides is 1. The van der Waals surface area contributed by atoms with Crippen molar-refractivity contribution in [1.82, 2.24) is 4.90 Å². The van der Waals surface area contributed by atoms with E-state index >= 15 is 0 Å². The van der Waals surface area contributed by atoms with Gasteiger partial charge >= 0.3 is 0 Å². The summed E-state index contributed by atoms with van der Waals surface area (Å²) in [5.74, 6) is 0.936. The molecule has 1 aromatic rings. The van der Waals surface area contributed by atoms with Crippen LogP contribution in [0.5, 0.6) is 11.5 Å². The molecule has 2 aliphatic rings. The van der Waals surface area contributed by atoms with Crippen LogP contribution in [0, 0.1) is 0 Å². The normalized spacial score (nSPS) is 21.5. The first-order chi connectivity index (χ1) is 10.4. The summed E-state index contributed by atoms with van der Waals surface area (Å²) in [6.45, 7) is 1.59. The molecule has 0 spiro atoms. The third-order valence-electron chi connectivity index (χ3n) is 3.92. The summed E-state index contributed by atoms with van der Waals surface area (Å²) in [6.07, 6.45) is 1.11. The Kier molecular flexibility index (Phi) is 3.96. The monoisotopic (exact) mass is 326 g/mol. The second-order valence-corrected chi connectivity index (χ2v) is 7.31. The van der Waals surface area contributed by atoms with Crippen molar-refractivity contribution < 1.29 is 22.7 Å². The molecule has 7 nitrogen and oxygen atoms in total. The first-order valence-electron chi connectivity index (χ1n) is 7.16. The number of sulfonamides is 1. The molecule has 1 fully saturated rings. The van der Waals surface area contributed by atoms with Crippen LogP contribution in [0.4, 0.5) is 0 Å². The van der Waals surface area contributed by atoms with E-state index in [-0.39, 0.29) is 12.5 Å². The summed E-state index contributed by atoms with van der Waals surface area (Å²) in [5, 5.41) is 4.51. The molecule has 2 aliphatic heterocycles. The summed E-state index contributed by atoms with van der Waals surface area (Å²) in [4.78, 5) is 14.1. The SMILES string of the molecule is NS(=O)(=O)C1CCCN(C(=O)c2ccc3c(c2)OCCO3)C1. The first-order valence-corrected chi connectivity index (χ1v) is 8.76. The van der Waals surface area contributed by atoms with Crippen LogP contribution in [0.2, 0.25) is 0 Å². The highest BCUT2D eigenvalue weighted by molar-refractivity contribution is 7.89. The molecule has 120 valence electrons. The smallest absolute Gasteiger partial charge is 0.254 e. The Labute approximate surface area is 129 Å². The highest BCUT2D eigenvalue weighted by atomic mass is 32.2. The highest BCUT2D eigenvalue weighted by Gasteiger charge is 2.31. The summed E-state index contributed by atoms with van der Waals surface area (Å²) in [5.41, 5.74) is 0.458. The van der Waals surface area contributed by atoms with Crippen molar-refractivity contribution in [2.24, 2.45) is 5.14 Å². The van der Waals surface area contributed by atoms with E-state index in [2.05, 4.69) is 0 Å². The summed E-state index contributed by atoms with van der Waals surface area (Å²) < 4.78 is 33.9. The number of nitrogens with zero attached hydrogens (tertiary/aromatic N) is 1. The van der Waals surface area contributed by atoms with Crippen molar-refractivity contribution in [1.29, 1.82) is 0 Å². The van der Waals surface area contributed by atoms with Gasteiger partial charge in [0, 0.05) is 18.7 Å². The number of hydrogen-bond acceptors (Lipinski definition) is 5. The molecule has 0 bridgehead atoms. The van der Waals surface area contributed by atoms with Gasteiger partial charge in [0.25, 0.3) is 5.91 Å². The van der Waals surface area contributed by atoms with Crippen LogP contribution >= 0.6 is 0 Å². The van der Waals surface area contributed by atoms with E-state index in [0.29, 0.717) is 49.7 Å². The Morgan fingerprint density at radius 3 is 2.68 bits per heavy atom. The van der Waals surface area contributed by atoms with Gasteiger partial charge in [-0.15, -0.1) is 0 Å². The zero-order chi connectivity index (χ0) is 15.7. The van der Waals surface area contributed by atoms with Gasteiger partial charge in [0.15, 0.2) is 11.5 Å². The molecule has 1 atom stereocenters. The van der Waals surface area contributed by atoms with Gasteiger partial charge in [-0.2, -0.15) is 0 Å². The van der Waals surface area contributed by atoms with Gasteiger partial charge in [0.1, 0.15) is 13.2 Å². The van der Waals surface area contributed by atoms with Gasteiger partial charge in [-0.05, 0) is 31.0 Å². The summed E-state index contributed by atoms with van der Waals surface area (Å²) >= 11 is 0. The van der Waals surface area contributed by atoms with Gasteiger partial charge in [0.2, 0.25) is 10.0 Å². The zero-order valence-corrected chi connectivity index (χ0v) is 12.8. The zero-order valence-electron chi connectivity index (χ0n) is 12.0. The lowest BCUT2D eigenvalue weighted by Crippen LogP contribution is -2.47. The molecule has 1 amide bonds. The van der Waals surface area contributed by atoms with Crippen molar-refractivity contribution in [2.75, 3.05) is 26.3 Å². The van der Waals surface area contributed by atoms with Crippen molar-refractivity contribution in [3.63, 3.8) is 0 Å². The molecule has 1 unspecified atom stereocenters. The van der Waals surface area contributed by atoms with Crippen LogP contribution in [-0.4, -0.2) is 50.8 Å². The molecular weight excluding hydrogens is 308 g/mol. The lowest BCUT2D eigenvalue weighted by Gasteiger charge is -2.31. The van der Waals surface area contributed by atoms with Crippen LogP contribution in [-0.2, 0) is 10.0 Å². The summed E-state index contributed by atoms with van der Waals surface area (Å²) in [7, 11) is -3.63. The van der Waals surface area contributed by atoms with E-state index in [0.717, 1.165) is 0 Å². The lowest BCUT2D eigenvalue weighted by atomic mass is 10.1. The van der Waals surface area contributed by atoms with Crippen molar-refractivity contribution in [3.05, 3.63) is 23.8 Å². The molecule has 3 rings (SSSR count). The molecule has 0 aliphatic carbocycles. The van der Waals surface area contributed by atoms with Crippen molar-refractivity contribution in [2.45, 2.75) is 18.1 Å². The van der Waals surface area contributed by atoms with E-state index < -0.39 is 15.3 Å². The van der Waals surface area contributed by atoms with E-state index in [1.807, 2.05) is 0 Å². The van der Waals surface area contributed by atoms with Gasteiger partial charge in [0.05, 0.1) is 5.25 Å². The predicted octanol–water partition coefficient (Wildman–Crippen LogP) is 0.351. The van der Waals surface area contributed by atoms with Crippen LogP contribution in [0.15, 0.2) is 18.2 Å². The van der Waals surface area contributed by atoms with Crippen LogP contribution < -0.4 is 14.6 Å². The number of ether oxygens (including phenoxy) is 2. The van der Waals surface area contributed by atoms with Gasteiger partial charge in [-0.1, -0.05) is 0 Å². The van der Waals surface area contributed by atoms with E-state index in [1.54, 1.807) is 18.2 Å². The Bertz CT molecular complexity index is 688. The number of primary sulfonamides is 1. The minimum Gasteiger partial charge on any atom is -0.486 e. The maximum atomic E-state index is 12.6. The molecule has 8 heteroatoms. The third kappa shape index (κ3) is 3.02. The Hall–Kier alpha value is -1.80. The number of hydrogen-bond donors (Lipinski definition) is 1. The molecule has 0 aromatic heterocycles. The maximum Gasteiger partial charge on any atom is 0.254 e. The fourth-order valence-electron chi connectivity index (χ4n) is 2.75. The molecule has 2 heterocycles. The average molecular weight is 326 g/mol. The summed E-state index contributed by atoms with van der Waals surface area (Å²) in [6, 6.07) is 5.00. The number of nitrogens with two attached hydrogens (primary N) is 1. The third-order valence-corrected chi connectivity index (χ3v) is 5.23. The number of carbonyl (C=O) groups excluding carboxylic acids is 1. The molecule has 0 radical (unpaired) electrons. The number of rotatable bonds is 2. The van der Waals surface area contributed by atoms with E-state index in [1.165, 1.54) is 4.90 Å². The Balaban J connectivity index is 1.79. The number of carbonyl (C=O) groups is 1. The molecular formula is C14H18N2O5S. The van der Waals surface area contributed by atoms with Crippen LogP contribution in [0.1, 0.15) is 23.2 Å². The quantitative estimate of drug-likeness (QED) is 0.845. The minimum absolute atomic E-state index is 0.131. The average Bonchev–Trinajstić information content (AvgIpc) is 2.53. The van der Waals surface area contributed by atoms with E-state index in [4.69, 9.17) is 14.6 Å². The van der Waals surface area contributed by atoms with Gasteiger partial charge < -0.3 is 14.4 Å². The topological polar surface area (TPSA) is 98.9 Å². The Morgan fingerprint density at radius 2 is 1.95 bits per heavy atom. The molecule has 1 aromatic carbocycles. The number of benzene rings is 1. The molecule has 22 heavy (non-hydrogen) atoms. The van der Waals surface area contributed by atoms with Gasteiger partial charge in [-0.25, -0.2) is 13.6 Å². The molecule has 2 N–H and O–H groups in total. The molecule has 0 saturated carbocycles. The second-order valence-electron chi connectivity index (χ2n) is 5.46. The van der Waals surface area contributed by atoms with Crippen LogP contribution in [0.25, 0.3) is 0 Å². The fraction of sp³-hybridized carbons (Fsp3) is 0.500. The number of fused-ring (bicyclic) bond motifs is 1. The molecule has 1 saturated heterocycles. The minimum atomic E-state index is -3.63. The van der Waals surface area contributed by atoms with Crippen molar-refractivity contribution >= 4 is 15.9 Å². The fourth-order valence-corrected chi connectivity index (χ4v) is 3.63. The van der Waals surface area contributed by atoms with Gasteiger partial charge in [-0.3, -0.25) is 4.79 Å². The van der Waals surface area contributed by atoms with Crippen molar-refractivity contribution in [3.8, 4) is 11.5 Å². The Morgan fingerprint density at radius 1 is 1.23 bits per heavy atom. The second kappa shape index (κ2) is 5.77. The lowest BCUT2D eigenvalue weighted by molar-refractivity contribution is 0.0726. The van der Waals surface area contributed by atoms with Crippen LogP contribution in [0.3, 0.4) is 0 Å². The highest BCUT2D eigenvalue weighted by Crippen LogP contribution is 2.31. The number of likely N-dealkylation sites (tertiary alicyclic amines) is 1. The maximum absolute atomic E-state index is 12.6. The van der Waals surface area contributed by atoms with E-state index in [9.17, 15) is 13.2 Å².